The van der Waals surface area contributed by atoms with Gasteiger partial charge in [0.25, 0.3) is 0 Å². The summed E-state index contributed by atoms with van der Waals surface area (Å²) in [5, 5.41) is 20.7. The molecule has 6 nitrogen and oxygen atoms in total. The number of rotatable bonds is 11. The minimum Gasteiger partial charge on any atom is -0.507 e. The van der Waals surface area contributed by atoms with E-state index in [2.05, 4.69) is 48.5 Å². The maximum atomic E-state index is 10.3. The average molecular weight is 539 g/mol. The van der Waals surface area contributed by atoms with Gasteiger partial charge in [0.2, 0.25) is 0 Å². The van der Waals surface area contributed by atoms with Gasteiger partial charge in [0.1, 0.15) is 34.5 Å². The van der Waals surface area contributed by atoms with Crippen molar-refractivity contribution in [2.75, 3.05) is 28.4 Å². The monoisotopic (exact) mass is 538 g/mol. The maximum absolute atomic E-state index is 10.3. The van der Waals surface area contributed by atoms with Crippen molar-refractivity contribution in [1.29, 1.82) is 0 Å². The first-order chi connectivity index (χ1) is 19.4. The molecule has 6 heteroatoms. The summed E-state index contributed by atoms with van der Waals surface area (Å²) < 4.78 is 21.2. The van der Waals surface area contributed by atoms with E-state index in [0.29, 0.717) is 47.0 Å². The molecule has 0 fully saturated rings. The molecule has 4 aromatic carbocycles. The molecule has 0 bridgehead atoms. The Morgan fingerprint density at radius 2 is 0.900 bits per heavy atom. The number of hydrogen-bond acceptors (Lipinski definition) is 6. The van der Waals surface area contributed by atoms with Gasteiger partial charge >= 0.3 is 0 Å². The largest absolute Gasteiger partial charge is 0.507 e. The number of phenolic OH excluding ortho intramolecular Hbond substituents is 2. The molecule has 2 N–H and O–H groups in total. The summed E-state index contributed by atoms with van der Waals surface area (Å²) in [6.07, 6.45) is 9.11. The van der Waals surface area contributed by atoms with Gasteiger partial charge in [0.15, 0.2) is 0 Å². The number of benzene rings is 4. The Labute approximate surface area is 235 Å². The Bertz CT molecular complexity index is 1370. The van der Waals surface area contributed by atoms with Crippen LogP contribution in [0.4, 0.5) is 0 Å². The number of aromatic hydroxyl groups is 2. The Kier molecular flexibility index (Phi) is 9.36. The van der Waals surface area contributed by atoms with E-state index in [1.807, 2.05) is 24.3 Å². The van der Waals surface area contributed by atoms with Crippen LogP contribution in [0.25, 0.3) is 23.3 Å². The number of ether oxygens (including phenoxy) is 4. The molecule has 0 aliphatic carbocycles. The van der Waals surface area contributed by atoms with E-state index in [1.54, 1.807) is 52.7 Å². The molecule has 0 saturated carbocycles. The Balaban J connectivity index is 1.38. The molecule has 0 heterocycles. The predicted molar refractivity (Wildman–Crippen MR) is 160 cm³/mol. The zero-order valence-electron chi connectivity index (χ0n) is 23.2. The first-order valence-electron chi connectivity index (χ1n) is 12.9. The van der Waals surface area contributed by atoms with Crippen molar-refractivity contribution in [3.8, 4) is 45.6 Å². The standard InChI is InChI=1S/C34H34O6/c1-37-27-19-31(35)29(33(21-27)39-3)9-5-7-23-11-15-25(16-12-23)26-17-13-24(14-18-26)8-6-10-30-32(36)20-28(38-2)22-34(30)40-4/h5-8,11-22,35-36H,9-10H2,1-4H3/b7-5+,8-6+. The van der Waals surface area contributed by atoms with Crippen LogP contribution in [0.1, 0.15) is 22.3 Å². The lowest BCUT2D eigenvalue weighted by molar-refractivity contribution is 0.380. The predicted octanol–water partition coefficient (Wildman–Crippen LogP) is 7.31. The lowest BCUT2D eigenvalue weighted by Crippen LogP contribution is -1.93. The maximum Gasteiger partial charge on any atom is 0.129 e. The lowest BCUT2D eigenvalue weighted by atomic mass is 10.0. The molecule has 0 aliphatic rings. The molecule has 0 aliphatic heterocycles. The summed E-state index contributed by atoms with van der Waals surface area (Å²) in [6, 6.07) is 23.4. The quantitative estimate of drug-likeness (QED) is 0.208. The normalized spacial score (nSPS) is 11.2. The first kappa shape index (κ1) is 28.2. The van der Waals surface area contributed by atoms with Gasteiger partial charge in [-0.2, -0.15) is 0 Å². The minimum absolute atomic E-state index is 0.146. The summed E-state index contributed by atoms with van der Waals surface area (Å²) in [6.45, 7) is 0. The molecule has 0 atom stereocenters. The topological polar surface area (TPSA) is 77.4 Å². The van der Waals surface area contributed by atoms with Crippen molar-refractivity contribution in [3.05, 3.63) is 107 Å². The van der Waals surface area contributed by atoms with Crippen LogP contribution in [0.5, 0.6) is 34.5 Å². The number of phenols is 2. The van der Waals surface area contributed by atoms with Gasteiger partial charge in [-0.15, -0.1) is 0 Å². The highest BCUT2D eigenvalue weighted by Gasteiger charge is 2.11. The average Bonchev–Trinajstić information content (AvgIpc) is 2.98. The highest BCUT2D eigenvalue weighted by Crippen LogP contribution is 2.35. The van der Waals surface area contributed by atoms with E-state index in [-0.39, 0.29) is 11.5 Å². The van der Waals surface area contributed by atoms with Crippen molar-refractivity contribution < 1.29 is 29.2 Å². The molecule has 0 aromatic heterocycles. The third kappa shape index (κ3) is 6.77. The first-order valence-corrected chi connectivity index (χ1v) is 12.9. The van der Waals surface area contributed by atoms with Crippen LogP contribution in [0.15, 0.2) is 84.9 Å². The van der Waals surface area contributed by atoms with Gasteiger partial charge in [-0.25, -0.2) is 0 Å². The summed E-state index contributed by atoms with van der Waals surface area (Å²) in [5.74, 6) is 2.58. The molecule has 4 rings (SSSR count). The number of allylic oxidation sites excluding steroid dienone is 2. The molecular formula is C34H34O6. The summed E-state index contributed by atoms with van der Waals surface area (Å²) >= 11 is 0. The second kappa shape index (κ2) is 13.3. The van der Waals surface area contributed by atoms with Crippen molar-refractivity contribution in [3.63, 3.8) is 0 Å². The van der Waals surface area contributed by atoms with Crippen molar-refractivity contribution in [2.24, 2.45) is 0 Å². The Morgan fingerprint density at radius 3 is 1.23 bits per heavy atom. The van der Waals surface area contributed by atoms with Gasteiger partial charge < -0.3 is 29.2 Å². The highest BCUT2D eigenvalue weighted by molar-refractivity contribution is 5.68. The summed E-state index contributed by atoms with van der Waals surface area (Å²) in [7, 11) is 6.27. The third-order valence-electron chi connectivity index (χ3n) is 6.65. The molecule has 0 unspecified atom stereocenters. The Hall–Kier alpha value is -4.84. The third-order valence-corrected chi connectivity index (χ3v) is 6.65. The molecule has 40 heavy (non-hydrogen) atoms. The SMILES string of the molecule is COc1cc(O)c(C/C=C/c2ccc(-c3ccc(/C=C/Cc4c(O)cc(OC)cc4OC)cc3)cc2)c(OC)c1. The zero-order valence-corrected chi connectivity index (χ0v) is 23.2. The fourth-order valence-corrected chi connectivity index (χ4v) is 4.42. The molecule has 0 amide bonds. The number of methoxy groups -OCH3 is 4. The zero-order chi connectivity index (χ0) is 28.5. The second-order valence-electron chi connectivity index (χ2n) is 9.11. The van der Waals surface area contributed by atoms with E-state index in [0.717, 1.165) is 22.3 Å². The van der Waals surface area contributed by atoms with Crippen LogP contribution < -0.4 is 18.9 Å². The second-order valence-corrected chi connectivity index (χ2v) is 9.11. The molecule has 0 spiro atoms. The van der Waals surface area contributed by atoms with Gasteiger partial charge in [-0.3, -0.25) is 0 Å². The van der Waals surface area contributed by atoms with Gasteiger partial charge in [0, 0.05) is 35.4 Å². The van der Waals surface area contributed by atoms with Gasteiger partial charge in [-0.1, -0.05) is 72.8 Å². The van der Waals surface area contributed by atoms with Crippen LogP contribution in [0, 0.1) is 0 Å². The molecule has 0 saturated heterocycles. The van der Waals surface area contributed by atoms with Crippen molar-refractivity contribution in [1.82, 2.24) is 0 Å². The van der Waals surface area contributed by atoms with Gasteiger partial charge in [0.05, 0.1) is 28.4 Å². The van der Waals surface area contributed by atoms with E-state index in [1.165, 1.54) is 0 Å². The van der Waals surface area contributed by atoms with E-state index in [9.17, 15) is 10.2 Å². The fourth-order valence-electron chi connectivity index (χ4n) is 4.42. The van der Waals surface area contributed by atoms with Crippen LogP contribution in [0.2, 0.25) is 0 Å². The highest BCUT2D eigenvalue weighted by atomic mass is 16.5. The smallest absolute Gasteiger partial charge is 0.129 e. The van der Waals surface area contributed by atoms with Crippen LogP contribution >= 0.6 is 0 Å². The summed E-state index contributed by atoms with van der Waals surface area (Å²) in [5.41, 5.74) is 5.79. The van der Waals surface area contributed by atoms with Gasteiger partial charge in [-0.05, 0) is 35.1 Å². The van der Waals surface area contributed by atoms with Crippen molar-refractivity contribution >= 4 is 12.2 Å². The number of hydrogen-bond donors (Lipinski definition) is 2. The lowest BCUT2D eigenvalue weighted by Gasteiger charge is -2.11. The molecule has 4 aromatic rings. The van der Waals surface area contributed by atoms with Crippen molar-refractivity contribution in [2.45, 2.75) is 12.8 Å². The van der Waals surface area contributed by atoms with E-state index < -0.39 is 0 Å². The Morgan fingerprint density at radius 1 is 0.525 bits per heavy atom. The van der Waals surface area contributed by atoms with Crippen LogP contribution in [-0.4, -0.2) is 38.7 Å². The molecule has 206 valence electrons. The van der Waals surface area contributed by atoms with E-state index >= 15 is 0 Å². The molecular weight excluding hydrogens is 504 g/mol. The molecule has 0 radical (unpaired) electrons. The van der Waals surface area contributed by atoms with Crippen LogP contribution in [-0.2, 0) is 12.8 Å². The minimum atomic E-state index is 0.146. The fraction of sp³-hybridized carbons (Fsp3) is 0.176. The summed E-state index contributed by atoms with van der Waals surface area (Å²) in [4.78, 5) is 0. The van der Waals surface area contributed by atoms with Crippen LogP contribution in [0.3, 0.4) is 0 Å². The van der Waals surface area contributed by atoms with E-state index in [4.69, 9.17) is 18.9 Å².